The molecule has 2 N–H and O–H groups in total. The van der Waals surface area contributed by atoms with Crippen LogP contribution in [-0.4, -0.2) is 44.0 Å². The summed E-state index contributed by atoms with van der Waals surface area (Å²) in [5.74, 6) is 0.947. The van der Waals surface area contributed by atoms with Crippen molar-refractivity contribution in [2.24, 2.45) is 0 Å². The summed E-state index contributed by atoms with van der Waals surface area (Å²) in [6.07, 6.45) is -0.0948. The SMILES string of the molecule is COCC(O)CCNC(=O)COc1ccc(C(C)C)cc1. The molecule has 1 rings (SSSR count). The molecule has 0 heterocycles. The monoisotopic (exact) mass is 295 g/mol. The van der Waals surface area contributed by atoms with Gasteiger partial charge in [0.2, 0.25) is 0 Å². The summed E-state index contributed by atoms with van der Waals surface area (Å²) in [5, 5.41) is 12.1. The van der Waals surface area contributed by atoms with Crippen LogP contribution in [0.3, 0.4) is 0 Å². The van der Waals surface area contributed by atoms with E-state index in [4.69, 9.17) is 9.47 Å². The minimum atomic E-state index is -0.556. The van der Waals surface area contributed by atoms with Crippen molar-refractivity contribution in [3.8, 4) is 5.75 Å². The molecule has 0 aromatic heterocycles. The van der Waals surface area contributed by atoms with Gasteiger partial charge in [-0.05, 0) is 30.0 Å². The number of ether oxygens (including phenoxy) is 2. The van der Waals surface area contributed by atoms with Crippen molar-refractivity contribution in [1.29, 1.82) is 0 Å². The molecular weight excluding hydrogens is 270 g/mol. The quantitative estimate of drug-likeness (QED) is 0.727. The van der Waals surface area contributed by atoms with E-state index in [-0.39, 0.29) is 19.1 Å². The lowest BCUT2D eigenvalue weighted by atomic mass is 10.0. The Balaban J connectivity index is 2.23. The summed E-state index contributed by atoms with van der Waals surface area (Å²) >= 11 is 0. The first-order valence-corrected chi connectivity index (χ1v) is 7.19. The summed E-state index contributed by atoms with van der Waals surface area (Å²) in [7, 11) is 1.53. The third kappa shape index (κ3) is 7.11. The summed E-state index contributed by atoms with van der Waals surface area (Å²) in [4.78, 5) is 11.6. The zero-order valence-corrected chi connectivity index (χ0v) is 13.0. The van der Waals surface area contributed by atoms with Gasteiger partial charge in [0.05, 0.1) is 12.7 Å². The molecule has 21 heavy (non-hydrogen) atoms. The van der Waals surface area contributed by atoms with E-state index in [0.717, 1.165) is 0 Å². The van der Waals surface area contributed by atoms with Crippen LogP contribution in [0.5, 0.6) is 5.75 Å². The third-order valence-corrected chi connectivity index (χ3v) is 3.08. The molecule has 5 heteroatoms. The predicted octanol–water partition coefficient (Wildman–Crippen LogP) is 1.70. The first-order chi connectivity index (χ1) is 10.0. The normalized spacial score (nSPS) is 12.2. The molecule has 0 aliphatic heterocycles. The molecule has 1 atom stereocenters. The first kappa shape index (κ1) is 17.5. The summed E-state index contributed by atoms with van der Waals surface area (Å²) in [6.45, 7) is 4.90. The zero-order chi connectivity index (χ0) is 15.7. The first-order valence-electron chi connectivity index (χ1n) is 7.19. The van der Waals surface area contributed by atoms with Gasteiger partial charge in [0.1, 0.15) is 5.75 Å². The van der Waals surface area contributed by atoms with Crippen molar-refractivity contribution >= 4 is 5.91 Å². The molecule has 1 amide bonds. The van der Waals surface area contributed by atoms with Crippen molar-refractivity contribution in [3.63, 3.8) is 0 Å². The lowest BCUT2D eigenvalue weighted by molar-refractivity contribution is -0.123. The van der Waals surface area contributed by atoms with Gasteiger partial charge in [-0.25, -0.2) is 0 Å². The Labute approximate surface area is 126 Å². The van der Waals surface area contributed by atoms with E-state index in [2.05, 4.69) is 19.2 Å². The molecule has 0 saturated carbocycles. The van der Waals surface area contributed by atoms with E-state index in [1.807, 2.05) is 24.3 Å². The highest BCUT2D eigenvalue weighted by atomic mass is 16.5. The summed E-state index contributed by atoms with van der Waals surface area (Å²) in [5.41, 5.74) is 1.24. The molecule has 0 aliphatic rings. The van der Waals surface area contributed by atoms with Gasteiger partial charge in [0.25, 0.3) is 5.91 Å². The Morgan fingerprint density at radius 1 is 1.29 bits per heavy atom. The maximum absolute atomic E-state index is 11.6. The predicted molar refractivity (Wildman–Crippen MR) is 81.5 cm³/mol. The molecule has 0 radical (unpaired) electrons. The van der Waals surface area contributed by atoms with Crippen LogP contribution in [0.1, 0.15) is 31.7 Å². The summed E-state index contributed by atoms with van der Waals surface area (Å²) in [6, 6.07) is 7.73. The van der Waals surface area contributed by atoms with Gasteiger partial charge in [-0.2, -0.15) is 0 Å². The molecule has 0 bridgehead atoms. The van der Waals surface area contributed by atoms with Crippen molar-refractivity contribution in [2.75, 3.05) is 26.9 Å². The highest BCUT2D eigenvalue weighted by Gasteiger charge is 2.06. The minimum Gasteiger partial charge on any atom is -0.484 e. The largest absolute Gasteiger partial charge is 0.484 e. The summed E-state index contributed by atoms with van der Waals surface area (Å²) < 4.78 is 10.2. The van der Waals surface area contributed by atoms with Crippen LogP contribution in [0.15, 0.2) is 24.3 Å². The number of aliphatic hydroxyl groups excluding tert-OH is 1. The number of carbonyl (C=O) groups excluding carboxylic acids is 1. The van der Waals surface area contributed by atoms with E-state index in [9.17, 15) is 9.90 Å². The fourth-order valence-corrected chi connectivity index (χ4v) is 1.80. The maximum atomic E-state index is 11.6. The van der Waals surface area contributed by atoms with Crippen LogP contribution < -0.4 is 10.1 Å². The smallest absolute Gasteiger partial charge is 0.257 e. The molecule has 0 aliphatic carbocycles. The van der Waals surface area contributed by atoms with Gasteiger partial charge in [0.15, 0.2) is 6.61 Å². The molecule has 118 valence electrons. The topological polar surface area (TPSA) is 67.8 Å². The Morgan fingerprint density at radius 3 is 2.52 bits per heavy atom. The second-order valence-corrected chi connectivity index (χ2v) is 5.26. The highest BCUT2D eigenvalue weighted by molar-refractivity contribution is 5.77. The van der Waals surface area contributed by atoms with Crippen molar-refractivity contribution < 1.29 is 19.4 Å². The third-order valence-electron chi connectivity index (χ3n) is 3.08. The Kier molecular flexibility index (Phi) is 7.79. The van der Waals surface area contributed by atoms with Gasteiger partial charge in [-0.15, -0.1) is 0 Å². The van der Waals surface area contributed by atoms with Gasteiger partial charge < -0.3 is 19.9 Å². The van der Waals surface area contributed by atoms with Crippen molar-refractivity contribution in [3.05, 3.63) is 29.8 Å². The van der Waals surface area contributed by atoms with Crippen LogP contribution in [0.2, 0.25) is 0 Å². The number of methoxy groups -OCH3 is 1. The van der Waals surface area contributed by atoms with Crippen molar-refractivity contribution in [1.82, 2.24) is 5.32 Å². The molecule has 0 fully saturated rings. The van der Waals surface area contributed by atoms with Crippen LogP contribution in [-0.2, 0) is 9.53 Å². The van der Waals surface area contributed by atoms with Gasteiger partial charge in [-0.3, -0.25) is 4.79 Å². The molecule has 0 saturated heterocycles. The fourth-order valence-electron chi connectivity index (χ4n) is 1.80. The minimum absolute atomic E-state index is 0.0264. The zero-order valence-electron chi connectivity index (χ0n) is 13.0. The molecule has 1 aromatic carbocycles. The standard InChI is InChI=1S/C16H25NO4/c1-12(2)13-4-6-15(7-5-13)21-11-16(19)17-9-8-14(18)10-20-3/h4-7,12,14,18H,8-11H2,1-3H3,(H,17,19). The van der Waals surface area contributed by atoms with Crippen LogP contribution in [0.4, 0.5) is 0 Å². The Hall–Kier alpha value is -1.59. The average Bonchev–Trinajstić information content (AvgIpc) is 2.46. The second kappa shape index (κ2) is 9.37. The molecule has 1 aromatic rings. The number of hydrogen-bond donors (Lipinski definition) is 2. The Bertz CT molecular complexity index is 417. The van der Waals surface area contributed by atoms with Crippen molar-refractivity contribution in [2.45, 2.75) is 32.3 Å². The number of carbonyl (C=O) groups is 1. The number of nitrogens with one attached hydrogen (secondary N) is 1. The number of rotatable bonds is 9. The fraction of sp³-hybridized carbons (Fsp3) is 0.562. The van der Waals surface area contributed by atoms with Gasteiger partial charge >= 0.3 is 0 Å². The highest BCUT2D eigenvalue weighted by Crippen LogP contribution is 2.18. The van der Waals surface area contributed by atoms with Crippen LogP contribution >= 0.6 is 0 Å². The van der Waals surface area contributed by atoms with Crippen LogP contribution in [0, 0.1) is 0 Å². The number of amides is 1. The number of aliphatic hydroxyl groups is 1. The van der Waals surface area contributed by atoms with Gasteiger partial charge in [0, 0.05) is 13.7 Å². The number of hydrogen-bond acceptors (Lipinski definition) is 4. The van der Waals surface area contributed by atoms with E-state index in [0.29, 0.717) is 24.6 Å². The lowest BCUT2D eigenvalue weighted by Crippen LogP contribution is -2.32. The van der Waals surface area contributed by atoms with E-state index in [1.165, 1.54) is 12.7 Å². The van der Waals surface area contributed by atoms with E-state index in [1.54, 1.807) is 0 Å². The molecule has 1 unspecified atom stereocenters. The number of benzene rings is 1. The maximum Gasteiger partial charge on any atom is 0.257 e. The molecule has 5 nitrogen and oxygen atoms in total. The molecule has 0 spiro atoms. The van der Waals surface area contributed by atoms with E-state index >= 15 is 0 Å². The van der Waals surface area contributed by atoms with Gasteiger partial charge in [-0.1, -0.05) is 26.0 Å². The van der Waals surface area contributed by atoms with Crippen LogP contribution in [0.25, 0.3) is 0 Å². The Morgan fingerprint density at radius 2 is 1.95 bits per heavy atom. The average molecular weight is 295 g/mol. The second-order valence-electron chi connectivity index (χ2n) is 5.26. The molecular formula is C16H25NO4. The lowest BCUT2D eigenvalue weighted by Gasteiger charge is -2.11. The van der Waals surface area contributed by atoms with E-state index < -0.39 is 6.10 Å².